The monoisotopic (exact) mass is 455 g/mol. The normalized spacial score (nSPS) is 11.4. The van der Waals surface area contributed by atoms with Gasteiger partial charge in [0.1, 0.15) is 4.21 Å². The van der Waals surface area contributed by atoms with Gasteiger partial charge in [-0.15, -0.1) is 11.3 Å². The lowest BCUT2D eigenvalue weighted by atomic mass is 10.0. The highest BCUT2D eigenvalue weighted by Gasteiger charge is 2.17. The summed E-state index contributed by atoms with van der Waals surface area (Å²) in [6, 6.07) is 16.5. The first-order chi connectivity index (χ1) is 14.3. The number of aromatic nitrogens is 1. The number of carbonyl (C=O) groups is 1. The highest BCUT2D eigenvalue weighted by molar-refractivity contribution is 7.91. The summed E-state index contributed by atoms with van der Waals surface area (Å²) in [5, 5.41) is 10.8. The Morgan fingerprint density at radius 3 is 2.50 bits per heavy atom. The lowest BCUT2D eigenvalue weighted by Crippen LogP contribution is -2.11. The number of thiazole rings is 1. The zero-order chi connectivity index (χ0) is 21.3. The molecule has 0 unspecified atom stereocenters. The smallest absolute Gasteiger partial charge is 0.248 e. The van der Waals surface area contributed by atoms with E-state index in [4.69, 9.17) is 5.14 Å². The van der Waals surface area contributed by atoms with Crippen LogP contribution in [0.1, 0.15) is 20.8 Å². The van der Waals surface area contributed by atoms with Crippen LogP contribution < -0.4 is 10.5 Å². The molecule has 30 heavy (non-hydrogen) atoms. The van der Waals surface area contributed by atoms with Crippen molar-refractivity contribution >= 4 is 49.3 Å². The zero-order valence-corrected chi connectivity index (χ0v) is 18.3. The van der Waals surface area contributed by atoms with Gasteiger partial charge in [0.25, 0.3) is 0 Å². The number of hydrogen-bond donors (Lipinski definition) is 2. The van der Waals surface area contributed by atoms with E-state index < -0.39 is 10.0 Å². The predicted molar refractivity (Wildman–Crippen MR) is 121 cm³/mol. The van der Waals surface area contributed by atoms with Crippen molar-refractivity contribution in [3.8, 4) is 11.1 Å². The molecule has 152 valence electrons. The molecule has 0 aliphatic heterocycles. The molecular weight excluding hydrogens is 438 g/mol. The minimum atomic E-state index is -3.77. The number of nitrogens with zero attached hydrogens (tertiary/aromatic N) is 1. The highest BCUT2D eigenvalue weighted by atomic mass is 32.2. The van der Waals surface area contributed by atoms with Crippen LogP contribution in [0, 0.1) is 6.92 Å². The number of rotatable bonds is 6. The molecule has 0 aliphatic carbocycles. The molecular formula is C21H17N3O3S3. The third kappa shape index (κ3) is 4.19. The van der Waals surface area contributed by atoms with E-state index in [1.807, 2.05) is 55.5 Å². The highest BCUT2D eigenvalue weighted by Crippen LogP contribution is 2.33. The Morgan fingerprint density at radius 2 is 1.80 bits per heavy atom. The van der Waals surface area contributed by atoms with E-state index in [1.165, 1.54) is 11.3 Å². The van der Waals surface area contributed by atoms with Gasteiger partial charge in [-0.1, -0.05) is 47.7 Å². The van der Waals surface area contributed by atoms with Crippen LogP contribution in [-0.4, -0.2) is 19.2 Å². The Morgan fingerprint density at radius 1 is 1.07 bits per heavy atom. The van der Waals surface area contributed by atoms with Gasteiger partial charge in [0, 0.05) is 16.8 Å². The molecule has 2 aromatic carbocycles. The average molecular weight is 456 g/mol. The summed E-state index contributed by atoms with van der Waals surface area (Å²) in [7, 11) is -3.77. The molecule has 0 saturated carbocycles. The third-order valence-corrected chi connectivity index (χ3v) is 7.79. The summed E-state index contributed by atoms with van der Waals surface area (Å²) in [6.07, 6.45) is 1.57. The number of nitrogens with one attached hydrogen (secondary N) is 1. The van der Waals surface area contributed by atoms with Gasteiger partial charge in [0.2, 0.25) is 15.8 Å². The van der Waals surface area contributed by atoms with Gasteiger partial charge in [-0.3, -0.25) is 4.79 Å². The number of anilines is 2. The molecule has 0 aliphatic rings. The number of primary sulfonamides is 1. The molecule has 0 bridgehead atoms. The maximum Gasteiger partial charge on any atom is 0.248 e. The number of thiophene rings is 1. The molecule has 4 aromatic rings. The first-order valence-electron chi connectivity index (χ1n) is 8.87. The molecule has 0 spiro atoms. The molecule has 0 saturated heterocycles. The van der Waals surface area contributed by atoms with Crippen molar-refractivity contribution in [2.24, 2.45) is 5.14 Å². The Balaban J connectivity index is 1.52. The number of carbonyl (C=O) groups excluding carboxylic acids is 1. The second-order valence-corrected chi connectivity index (χ2v) is 10.2. The third-order valence-electron chi connectivity index (χ3n) is 4.45. The van der Waals surface area contributed by atoms with Crippen LogP contribution in [0.3, 0.4) is 0 Å². The maximum atomic E-state index is 12.7. The van der Waals surface area contributed by atoms with Crippen molar-refractivity contribution in [1.82, 2.24) is 4.98 Å². The first kappa shape index (κ1) is 20.4. The van der Waals surface area contributed by atoms with Crippen molar-refractivity contribution in [3.05, 3.63) is 82.2 Å². The van der Waals surface area contributed by atoms with E-state index in [-0.39, 0.29) is 9.99 Å². The minimum Gasteiger partial charge on any atom is -0.332 e. The Bertz CT molecular complexity index is 1320. The lowest BCUT2D eigenvalue weighted by molar-refractivity contribution is 0.104. The predicted octanol–water partition coefficient (Wildman–Crippen LogP) is 4.80. The molecule has 9 heteroatoms. The van der Waals surface area contributed by atoms with Crippen molar-refractivity contribution in [1.29, 1.82) is 0 Å². The first-order valence-corrected chi connectivity index (χ1v) is 12.1. The van der Waals surface area contributed by atoms with Gasteiger partial charge in [0.15, 0.2) is 5.13 Å². The fourth-order valence-corrected chi connectivity index (χ4v) is 5.61. The van der Waals surface area contributed by atoms with Crippen molar-refractivity contribution < 1.29 is 13.2 Å². The minimum absolute atomic E-state index is 0.0537. The number of sulfonamides is 1. The number of ketones is 1. The van der Waals surface area contributed by atoms with E-state index >= 15 is 0 Å². The fraction of sp³-hybridized carbons (Fsp3) is 0.0476. The largest absolute Gasteiger partial charge is 0.332 e. The second-order valence-electron chi connectivity index (χ2n) is 6.54. The number of benzene rings is 2. The second kappa shape index (κ2) is 8.11. The molecule has 6 nitrogen and oxygen atoms in total. The van der Waals surface area contributed by atoms with E-state index in [9.17, 15) is 13.2 Å². The van der Waals surface area contributed by atoms with Crippen LogP contribution >= 0.6 is 22.7 Å². The van der Waals surface area contributed by atoms with Gasteiger partial charge in [0.05, 0.1) is 11.1 Å². The van der Waals surface area contributed by atoms with Crippen LogP contribution in [0.25, 0.3) is 11.1 Å². The van der Waals surface area contributed by atoms with Crippen LogP contribution in [0.5, 0.6) is 0 Å². The topological polar surface area (TPSA) is 102 Å². The van der Waals surface area contributed by atoms with Crippen LogP contribution in [0.2, 0.25) is 0 Å². The van der Waals surface area contributed by atoms with E-state index in [1.54, 1.807) is 17.6 Å². The number of aryl methyl sites for hydroxylation is 1. The van der Waals surface area contributed by atoms with E-state index in [0.29, 0.717) is 21.1 Å². The SMILES string of the molecule is Cc1ccccc1C(=O)c1cnc(Nc2ccc(-c3ccsc3S(N)(=O)=O)cc2)s1. The van der Waals surface area contributed by atoms with Crippen LogP contribution in [0.4, 0.5) is 10.8 Å². The van der Waals surface area contributed by atoms with Crippen LogP contribution in [0.15, 0.2) is 70.4 Å². The molecule has 2 heterocycles. The van der Waals surface area contributed by atoms with Crippen LogP contribution in [-0.2, 0) is 10.0 Å². The summed E-state index contributed by atoms with van der Waals surface area (Å²) in [4.78, 5) is 17.6. The van der Waals surface area contributed by atoms with E-state index in [0.717, 1.165) is 28.2 Å². The van der Waals surface area contributed by atoms with Crippen molar-refractivity contribution in [2.75, 3.05) is 5.32 Å². The van der Waals surface area contributed by atoms with Gasteiger partial charge >= 0.3 is 0 Å². The Hall–Kier alpha value is -2.85. The molecule has 0 atom stereocenters. The molecule has 4 rings (SSSR count). The van der Waals surface area contributed by atoms with E-state index in [2.05, 4.69) is 10.3 Å². The number of nitrogens with two attached hydrogens (primary N) is 1. The zero-order valence-electron chi connectivity index (χ0n) is 15.8. The van der Waals surface area contributed by atoms with Gasteiger partial charge < -0.3 is 5.32 Å². The maximum absolute atomic E-state index is 12.7. The van der Waals surface area contributed by atoms with Gasteiger partial charge in [-0.05, 0) is 41.6 Å². The summed E-state index contributed by atoms with van der Waals surface area (Å²) in [5.74, 6) is -0.0537. The molecule has 0 fully saturated rings. The van der Waals surface area contributed by atoms with Crippen molar-refractivity contribution in [3.63, 3.8) is 0 Å². The van der Waals surface area contributed by atoms with Gasteiger partial charge in [-0.2, -0.15) is 0 Å². The number of hydrogen-bond acceptors (Lipinski definition) is 7. The molecule has 0 amide bonds. The lowest BCUT2D eigenvalue weighted by Gasteiger charge is -2.06. The quantitative estimate of drug-likeness (QED) is 0.407. The summed E-state index contributed by atoms with van der Waals surface area (Å²) in [5.41, 5.74) is 3.69. The fourth-order valence-electron chi connectivity index (χ4n) is 2.98. The standard InChI is InChI=1S/C21H17N3O3S3/c1-13-4-2-3-5-16(13)19(25)18-12-23-21(29-18)24-15-8-6-14(7-9-15)17-10-11-28-20(17)30(22,26)27/h2-12H,1H3,(H,23,24)(H2,22,26,27). The molecule has 3 N–H and O–H groups in total. The summed E-state index contributed by atoms with van der Waals surface area (Å²) in [6.45, 7) is 1.91. The molecule has 2 aromatic heterocycles. The Labute approximate surface area is 182 Å². The van der Waals surface area contributed by atoms with Crippen molar-refractivity contribution in [2.45, 2.75) is 11.1 Å². The summed E-state index contributed by atoms with van der Waals surface area (Å²) < 4.78 is 23.6. The molecule has 0 radical (unpaired) electrons. The van der Waals surface area contributed by atoms with Gasteiger partial charge in [-0.25, -0.2) is 18.5 Å². The average Bonchev–Trinajstić information content (AvgIpc) is 3.38. The Kier molecular flexibility index (Phi) is 5.52. The summed E-state index contributed by atoms with van der Waals surface area (Å²) >= 11 is 2.38.